The third-order valence-corrected chi connectivity index (χ3v) is 3.16. The number of anilines is 1. The predicted molar refractivity (Wildman–Crippen MR) is 70.6 cm³/mol. The summed E-state index contributed by atoms with van der Waals surface area (Å²) in [5.41, 5.74) is 4.92. The molecule has 1 fully saturated rings. The molecule has 8 heteroatoms. The zero-order valence-corrected chi connectivity index (χ0v) is 10.9. The molecule has 1 saturated heterocycles. The molecule has 1 aliphatic heterocycles. The van der Waals surface area contributed by atoms with E-state index in [9.17, 15) is 14.7 Å². The van der Waals surface area contributed by atoms with Gasteiger partial charge < -0.3 is 21.1 Å². The van der Waals surface area contributed by atoms with Gasteiger partial charge in [0.1, 0.15) is 12.1 Å². The zero-order valence-electron chi connectivity index (χ0n) is 10.9. The summed E-state index contributed by atoms with van der Waals surface area (Å²) in [6, 6.07) is 1.31. The minimum atomic E-state index is -1.37. The Balaban J connectivity index is 1.97. The van der Waals surface area contributed by atoms with Crippen molar-refractivity contribution >= 4 is 17.8 Å². The highest BCUT2D eigenvalue weighted by Crippen LogP contribution is 2.21. The van der Waals surface area contributed by atoms with E-state index >= 15 is 0 Å². The number of hydrogen-bond acceptors (Lipinski definition) is 6. The maximum absolute atomic E-state index is 12.1. The first-order valence-corrected chi connectivity index (χ1v) is 6.38. The van der Waals surface area contributed by atoms with Crippen LogP contribution in [0.15, 0.2) is 18.5 Å². The monoisotopic (exact) mass is 279 g/mol. The third-order valence-electron chi connectivity index (χ3n) is 3.16. The van der Waals surface area contributed by atoms with Crippen LogP contribution in [0.2, 0.25) is 0 Å². The van der Waals surface area contributed by atoms with Gasteiger partial charge in [-0.25, -0.2) is 9.97 Å². The number of hydrogen-bond donors (Lipinski definition) is 3. The molecule has 20 heavy (non-hydrogen) atoms. The number of aromatic nitrogens is 2. The second-order valence-corrected chi connectivity index (χ2v) is 4.56. The molecule has 2 unspecified atom stereocenters. The van der Waals surface area contributed by atoms with Crippen LogP contribution >= 0.6 is 0 Å². The predicted octanol–water partition coefficient (Wildman–Crippen LogP) is -1.59. The van der Waals surface area contributed by atoms with Gasteiger partial charge in [-0.15, -0.1) is 0 Å². The number of primary amides is 1. The normalized spacial score (nSPS) is 19.6. The van der Waals surface area contributed by atoms with Crippen LogP contribution in [0.25, 0.3) is 0 Å². The van der Waals surface area contributed by atoms with Crippen molar-refractivity contribution in [3.63, 3.8) is 0 Å². The minimum absolute atomic E-state index is 0.186. The molecule has 0 aromatic carbocycles. The molecule has 4 N–H and O–H groups in total. The lowest BCUT2D eigenvalue weighted by atomic mass is 10.2. The highest BCUT2D eigenvalue weighted by molar-refractivity contribution is 5.86. The SMILES string of the molecule is NC(=O)C(O)CNC(=O)C1CCCN1c1ncccn1. The molecule has 2 heterocycles. The van der Waals surface area contributed by atoms with E-state index in [1.54, 1.807) is 18.5 Å². The van der Waals surface area contributed by atoms with Crippen LogP contribution in [-0.4, -0.2) is 52.1 Å². The summed E-state index contributed by atoms with van der Waals surface area (Å²) < 4.78 is 0. The molecule has 1 aromatic heterocycles. The molecule has 8 nitrogen and oxygen atoms in total. The van der Waals surface area contributed by atoms with Crippen molar-refractivity contribution in [2.45, 2.75) is 25.0 Å². The van der Waals surface area contributed by atoms with Crippen molar-refractivity contribution in [2.24, 2.45) is 5.73 Å². The van der Waals surface area contributed by atoms with Gasteiger partial charge in [-0.05, 0) is 18.9 Å². The summed E-state index contributed by atoms with van der Waals surface area (Å²) in [6.45, 7) is 0.509. The number of aliphatic hydroxyl groups excluding tert-OH is 1. The topological polar surface area (TPSA) is 121 Å². The molecule has 0 saturated carbocycles. The van der Waals surface area contributed by atoms with Crippen LogP contribution in [-0.2, 0) is 9.59 Å². The molecular weight excluding hydrogens is 262 g/mol. The molecule has 1 aliphatic rings. The van der Waals surface area contributed by atoms with Gasteiger partial charge in [-0.3, -0.25) is 9.59 Å². The summed E-state index contributed by atoms with van der Waals surface area (Å²) in [6.07, 6.45) is 3.39. The number of nitrogens with one attached hydrogen (secondary N) is 1. The van der Waals surface area contributed by atoms with Gasteiger partial charge in [-0.1, -0.05) is 0 Å². The average molecular weight is 279 g/mol. The standard InChI is InChI=1S/C12H17N5O3/c13-10(19)9(18)7-16-11(20)8-3-1-6-17(8)12-14-4-2-5-15-12/h2,4-5,8-9,18H,1,3,6-7H2,(H2,13,19)(H,16,20). The van der Waals surface area contributed by atoms with Gasteiger partial charge in [0.15, 0.2) is 0 Å². The molecular formula is C12H17N5O3. The second-order valence-electron chi connectivity index (χ2n) is 4.56. The van der Waals surface area contributed by atoms with E-state index in [2.05, 4.69) is 15.3 Å². The van der Waals surface area contributed by atoms with Gasteiger partial charge in [-0.2, -0.15) is 0 Å². The molecule has 0 radical (unpaired) electrons. The number of nitrogens with two attached hydrogens (primary N) is 1. The zero-order chi connectivity index (χ0) is 14.5. The Morgan fingerprint density at radius 1 is 1.50 bits per heavy atom. The summed E-state index contributed by atoms with van der Waals surface area (Å²) in [5.74, 6) is -0.629. The fourth-order valence-electron chi connectivity index (χ4n) is 2.13. The Labute approximate surface area is 116 Å². The summed E-state index contributed by atoms with van der Waals surface area (Å²) in [4.78, 5) is 32.9. The van der Waals surface area contributed by atoms with Gasteiger partial charge in [0, 0.05) is 18.9 Å². The van der Waals surface area contributed by atoms with E-state index < -0.39 is 18.1 Å². The number of rotatable bonds is 5. The molecule has 0 spiro atoms. The Bertz CT molecular complexity index is 481. The van der Waals surface area contributed by atoms with Crippen molar-refractivity contribution < 1.29 is 14.7 Å². The van der Waals surface area contributed by atoms with Crippen LogP contribution in [0.4, 0.5) is 5.95 Å². The van der Waals surface area contributed by atoms with Gasteiger partial charge in [0.2, 0.25) is 17.8 Å². The fraction of sp³-hybridized carbons (Fsp3) is 0.500. The van der Waals surface area contributed by atoms with E-state index in [4.69, 9.17) is 5.73 Å². The Morgan fingerprint density at radius 3 is 2.85 bits per heavy atom. The molecule has 0 bridgehead atoms. The number of amides is 2. The second kappa shape index (κ2) is 6.29. The fourth-order valence-corrected chi connectivity index (χ4v) is 2.13. The van der Waals surface area contributed by atoms with Gasteiger partial charge >= 0.3 is 0 Å². The lowest BCUT2D eigenvalue weighted by molar-refractivity contribution is -0.127. The Kier molecular flexibility index (Phi) is 4.46. The van der Waals surface area contributed by atoms with E-state index in [0.717, 1.165) is 6.42 Å². The first-order valence-electron chi connectivity index (χ1n) is 6.38. The summed E-state index contributed by atoms with van der Waals surface area (Å²) >= 11 is 0. The average Bonchev–Trinajstić information content (AvgIpc) is 2.94. The van der Waals surface area contributed by atoms with Gasteiger partial charge in [0.25, 0.3) is 0 Å². The Morgan fingerprint density at radius 2 is 2.20 bits per heavy atom. The van der Waals surface area contributed by atoms with E-state index in [0.29, 0.717) is 18.9 Å². The smallest absolute Gasteiger partial charge is 0.248 e. The van der Waals surface area contributed by atoms with E-state index in [1.807, 2.05) is 4.90 Å². The van der Waals surface area contributed by atoms with Crippen molar-refractivity contribution in [2.75, 3.05) is 18.0 Å². The highest BCUT2D eigenvalue weighted by Gasteiger charge is 2.32. The van der Waals surface area contributed by atoms with Crippen LogP contribution in [0.3, 0.4) is 0 Å². The lowest BCUT2D eigenvalue weighted by Gasteiger charge is -2.23. The van der Waals surface area contributed by atoms with Crippen LogP contribution < -0.4 is 16.0 Å². The minimum Gasteiger partial charge on any atom is -0.381 e. The molecule has 0 aliphatic carbocycles. The number of carbonyl (C=O) groups is 2. The first kappa shape index (κ1) is 14.2. The maximum Gasteiger partial charge on any atom is 0.248 e. The largest absolute Gasteiger partial charge is 0.381 e. The molecule has 1 aromatic rings. The third kappa shape index (κ3) is 3.21. The van der Waals surface area contributed by atoms with Crippen molar-refractivity contribution in [1.29, 1.82) is 0 Å². The van der Waals surface area contributed by atoms with Crippen molar-refractivity contribution in [3.8, 4) is 0 Å². The first-order chi connectivity index (χ1) is 9.59. The number of carbonyl (C=O) groups excluding carboxylic acids is 2. The summed E-state index contributed by atoms with van der Waals surface area (Å²) in [5, 5.41) is 11.8. The number of aliphatic hydroxyl groups is 1. The maximum atomic E-state index is 12.1. The van der Waals surface area contributed by atoms with Crippen LogP contribution in [0, 0.1) is 0 Å². The number of nitrogens with zero attached hydrogens (tertiary/aromatic N) is 3. The van der Waals surface area contributed by atoms with Crippen molar-refractivity contribution in [1.82, 2.24) is 15.3 Å². The van der Waals surface area contributed by atoms with E-state index in [1.165, 1.54) is 0 Å². The van der Waals surface area contributed by atoms with Gasteiger partial charge in [0.05, 0.1) is 6.54 Å². The lowest BCUT2D eigenvalue weighted by Crippen LogP contribution is -2.48. The van der Waals surface area contributed by atoms with Crippen LogP contribution in [0.1, 0.15) is 12.8 Å². The van der Waals surface area contributed by atoms with Crippen LogP contribution in [0.5, 0.6) is 0 Å². The summed E-state index contributed by atoms with van der Waals surface area (Å²) in [7, 11) is 0. The Hall–Kier alpha value is -2.22. The molecule has 2 amide bonds. The quantitative estimate of drug-likeness (QED) is 0.597. The molecule has 2 atom stereocenters. The molecule has 108 valence electrons. The molecule has 2 rings (SSSR count). The highest BCUT2D eigenvalue weighted by atomic mass is 16.3. The van der Waals surface area contributed by atoms with Crippen molar-refractivity contribution in [3.05, 3.63) is 18.5 Å². The van der Waals surface area contributed by atoms with E-state index in [-0.39, 0.29) is 12.5 Å².